The topological polar surface area (TPSA) is 78.6 Å². The van der Waals surface area contributed by atoms with Crippen molar-refractivity contribution in [2.75, 3.05) is 49.1 Å². The second kappa shape index (κ2) is 9.97. The van der Waals surface area contributed by atoms with Crippen molar-refractivity contribution in [1.82, 2.24) is 20.3 Å². The van der Waals surface area contributed by atoms with Gasteiger partial charge in [-0.1, -0.05) is 48.3 Å². The zero-order valence-corrected chi connectivity index (χ0v) is 20.3. The van der Waals surface area contributed by atoms with Crippen LogP contribution in [0.5, 0.6) is 0 Å². The van der Waals surface area contributed by atoms with E-state index in [1.165, 1.54) is 25.7 Å². The quantitative estimate of drug-likeness (QED) is 0.420. The number of hydrogen-bond donors (Lipinski definition) is 0. The normalized spacial score (nSPS) is 16.8. The number of carbonyl (C=O) groups excluding carboxylic acids is 1. The predicted molar refractivity (Wildman–Crippen MR) is 140 cm³/mol. The van der Waals surface area contributed by atoms with Gasteiger partial charge in [0.1, 0.15) is 5.52 Å². The van der Waals surface area contributed by atoms with E-state index < -0.39 is 0 Å². The number of amides is 1. The summed E-state index contributed by atoms with van der Waals surface area (Å²) in [5.74, 6) is 2.55. The number of carbonyl (C=O) groups is 1. The number of benzene rings is 2. The van der Waals surface area contributed by atoms with Gasteiger partial charge in [-0.3, -0.25) is 4.79 Å². The van der Waals surface area contributed by atoms with Crippen molar-refractivity contribution in [3.63, 3.8) is 0 Å². The molecule has 0 spiro atoms. The van der Waals surface area contributed by atoms with Gasteiger partial charge in [0.25, 0.3) is 5.91 Å². The molecule has 8 heteroatoms. The van der Waals surface area contributed by atoms with Gasteiger partial charge in [0, 0.05) is 50.4 Å². The molecule has 8 nitrogen and oxygen atoms in total. The van der Waals surface area contributed by atoms with Gasteiger partial charge in [0.2, 0.25) is 0 Å². The van der Waals surface area contributed by atoms with Gasteiger partial charge < -0.3 is 19.2 Å². The van der Waals surface area contributed by atoms with Crippen molar-refractivity contribution in [2.45, 2.75) is 25.7 Å². The first-order valence-corrected chi connectivity index (χ1v) is 12.8. The van der Waals surface area contributed by atoms with E-state index >= 15 is 0 Å². The van der Waals surface area contributed by atoms with Crippen molar-refractivity contribution in [3.8, 4) is 11.3 Å². The molecule has 0 aliphatic carbocycles. The maximum absolute atomic E-state index is 13.3. The molecular weight excluding hydrogens is 452 g/mol. The van der Waals surface area contributed by atoms with E-state index in [1.807, 2.05) is 53.4 Å². The van der Waals surface area contributed by atoms with Gasteiger partial charge >= 0.3 is 0 Å². The predicted octanol–water partition coefficient (Wildman–Crippen LogP) is 4.63. The summed E-state index contributed by atoms with van der Waals surface area (Å²) >= 11 is 0. The van der Waals surface area contributed by atoms with Crippen molar-refractivity contribution < 1.29 is 9.32 Å². The summed E-state index contributed by atoms with van der Waals surface area (Å²) in [6, 6.07) is 19.6. The molecule has 1 amide bonds. The molecule has 0 radical (unpaired) electrons. The monoisotopic (exact) mass is 482 g/mol. The number of fused-ring (bicyclic) bond motifs is 1. The smallest absolute Gasteiger partial charge is 0.254 e. The van der Waals surface area contributed by atoms with E-state index in [0.29, 0.717) is 24.4 Å². The van der Waals surface area contributed by atoms with Crippen LogP contribution >= 0.6 is 0 Å². The van der Waals surface area contributed by atoms with Crippen LogP contribution in [-0.2, 0) is 0 Å². The number of anilines is 2. The molecule has 0 atom stereocenters. The molecule has 0 N–H and O–H groups in total. The summed E-state index contributed by atoms with van der Waals surface area (Å²) < 4.78 is 5.60. The molecule has 184 valence electrons. The SMILES string of the molecule is O=C(c1ccc2noc(-c3ccccc3)c2c1)N1CCN(c2ccc(N3CCCCCC3)nn2)CC1. The summed E-state index contributed by atoms with van der Waals surface area (Å²) in [5, 5.41) is 14.1. The molecule has 0 bridgehead atoms. The fourth-order valence-corrected chi connectivity index (χ4v) is 5.15. The summed E-state index contributed by atoms with van der Waals surface area (Å²) in [4.78, 5) is 19.8. The van der Waals surface area contributed by atoms with Crippen LogP contribution in [0.3, 0.4) is 0 Å². The molecule has 2 saturated heterocycles. The minimum absolute atomic E-state index is 0.0272. The first kappa shape index (κ1) is 22.5. The summed E-state index contributed by atoms with van der Waals surface area (Å²) in [5.41, 5.74) is 2.34. The van der Waals surface area contributed by atoms with Crippen molar-refractivity contribution in [1.29, 1.82) is 0 Å². The van der Waals surface area contributed by atoms with Crippen molar-refractivity contribution in [3.05, 3.63) is 66.2 Å². The van der Waals surface area contributed by atoms with E-state index in [0.717, 1.165) is 54.3 Å². The molecule has 2 fully saturated rings. The zero-order chi connectivity index (χ0) is 24.3. The van der Waals surface area contributed by atoms with Crippen LogP contribution in [0.4, 0.5) is 11.6 Å². The first-order valence-electron chi connectivity index (χ1n) is 12.8. The van der Waals surface area contributed by atoms with E-state index in [-0.39, 0.29) is 5.91 Å². The lowest BCUT2D eigenvalue weighted by Gasteiger charge is -2.35. The zero-order valence-electron chi connectivity index (χ0n) is 20.3. The minimum atomic E-state index is 0.0272. The fraction of sp³-hybridized carbons (Fsp3) is 0.357. The van der Waals surface area contributed by atoms with Crippen molar-refractivity contribution in [2.24, 2.45) is 0 Å². The second-order valence-electron chi connectivity index (χ2n) is 9.54. The summed E-state index contributed by atoms with van der Waals surface area (Å²) in [6.07, 6.45) is 5.03. The van der Waals surface area contributed by atoms with Gasteiger partial charge in [0.15, 0.2) is 17.4 Å². The maximum Gasteiger partial charge on any atom is 0.254 e. The van der Waals surface area contributed by atoms with Crippen LogP contribution in [0.15, 0.2) is 65.2 Å². The van der Waals surface area contributed by atoms with Crippen LogP contribution in [0.2, 0.25) is 0 Å². The van der Waals surface area contributed by atoms with Gasteiger partial charge in [-0.2, -0.15) is 0 Å². The van der Waals surface area contributed by atoms with Gasteiger partial charge in [-0.25, -0.2) is 0 Å². The third-order valence-corrected chi connectivity index (χ3v) is 7.22. The Morgan fingerprint density at radius 1 is 0.722 bits per heavy atom. The summed E-state index contributed by atoms with van der Waals surface area (Å²) in [6.45, 7) is 4.86. The highest BCUT2D eigenvalue weighted by Gasteiger charge is 2.24. The number of rotatable bonds is 4. The molecule has 0 saturated carbocycles. The number of piperazine rings is 1. The lowest BCUT2D eigenvalue weighted by Crippen LogP contribution is -2.49. The Kier molecular flexibility index (Phi) is 6.24. The van der Waals surface area contributed by atoms with Crippen LogP contribution < -0.4 is 9.80 Å². The Hall–Kier alpha value is -3.94. The Bertz CT molecular complexity index is 1320. The van der Waals surface area contributed by atoms with Crippen molar-refractivity contribution >= 4 is 28.4 Å². The van der Waals surface area contributed by atoms with Crippen LogP contribution in [0.1, 0.15) is 36.0 Å². The molecular formula is C28H30N6O2. The standard InChI is InChI=1S/C28H30N6O2/c35-28(22-10-11-24-23(20-22)27(36-31-24)21-8-4-3-5-9-21)34-18-16-33(17-19-34)26-13-12-25(29-30-26)32-14-6-1-2-7-15-32/h3-5,8-13,20H,1-2,6-7,14-19H2. The largest absolute Gasteiger partial charge is 0.355 e. The van der Waals surface area contributed by atoms with Gasteiger partial charge in [0.05, 0.1) is 5.39 Å². The maximum atomic E-state index is 13.3. The molecule has 2 aliphatic rings. The Morgan fingerprint density at radius 3 is 2.06 bits per heavy atom. The van der Waals surface area contributed by atoms with Crippen LogP contribution in [0, 0.1) is 0 Å². The fourth-order valence-electron chi connectivity index (χ4n) is 5.15. The first-order chi connectivity index (χ1) is 17.8. The van der Waals surface area contributed by atoms with Gasteiger partial charge in [-0.05, 0) is 43.2 Å². The molecule has 2 aromatic carbocycles. The number of nitrogens with zero attached hydrogens (tertiary/aromatic N) is 6. The van der Waals surface area contributed by atoms with E-state index in [9.17, 15) is 4.79 Å². The second-order valence-corrected chi connectivity index (χ2v) is 9.54. The minimum Gasteiger partial charge on any atom is -0.355 e. The Balaban J connectivity index is 1.12. The molecule has 6 rings (SSSR count). The van der Waals surface area contributed by atoms with Gasteiger partial charge in [-0.15, -0.1) is 10.2 Å². The van der Waals surface area contributed by atoms with E-state index in [2.05, 4.69) is 37.3 Å². The van der Waals surface area contributed by atoms with Crippen LogP contribution in [0.25, 0.3) is 22.2 Å². The lowest BCUT2D eigenvalue weighted by atomic mass is 10.1. The van der Waals surface area contributed by atoms with E-state index in [4.69, 9.17) is 4.52 Å². The lowest BCUT2D eigenvalue weighted by molar-refractivity contribution is 0.0746. The van der Waals surface area contributed by atoms with E-state index in [1.54, 1.807) is 0 Å². The molecule has 4 aromatic rings. The number of aromatic nitrogens is 3. The average Bonchev–Trinajstić information content (AvgIpc) is 3.18. The molecule has 36 heavy (non-hydrogen) atoms. The average molecular weight is 483 g/mol. The molecule has 2 aliphatic heterocycles. The van der Waals surface area contributed by atoms with Crippen LogP contribution in [-0.4, -0.2) is 65.4 Å². The highest BCUT2D eigenvalue weighted by molar-refractivity contribution is 6.01. The third kappa shape index (κ3) is 4.51. The molecule has 2 aromatic heterocycles. The molecule has 0 unspecified atom stereocenters. The Morgan fingerprint density at radius 2 is 1.39 bits per heavy atom. The summed E-state index contributed by atoms with van der Waals surface area (Å²) in [7, 11) is 0. The number of hydrogen-bond acceptors (Lipinski definition) is 7. The Labute approximate surface area is 210 Å². The molecule has 4 heterocycles. The third-order valence-electron chi connectivity index (χ3n) is 7.22. The highest BCUT2D eigenvalue weighted by Crippen LogP contribution is 2.29. The highest BCUT2D eigenvalue weighted by atomic mass is 16.5.